The predicted molar refractivity (Wildman–Crippen MR) is 69.3 cm³/mol. The maximum Gasteiger partial charge on any atom is 0.205 e. The van der Waals surface area contributed by atoms with Gasteiger partial charge in [-0.3, -0.25) is 0 Å². The van der Waals surface area contributed by atoms with E-state index < -0.39 is 0 Å². The van der Waals surface area contributed by atoms with Crippen molar-refractivity contribution in [3.05, 3.63) is 29.3 Å². The molecule has 1 aliphatic heterocycles. The highest BCUT2D eigenvalue weighted by molar-refractivity contribution is 7.13. The molecule has 1 N–H and O–H groups in total. The van der Waals surface area contributed by atoms with E-state index in [1.54, 1.807) is 5.51 Å². The van der Waals surface area contributed by atoms with Crippen molar-refractivity contribution in [2.24, 2.45) is 0 Å². The van der Waals surface area contributed by atoms with Crippen molar-refractivity contribution in [2.45, 2.75) is 13.0 Å². The van der Waals surface area contributed by atoms with E-state index in [4.69, 9.17) is 9.47 Å². The van der Waals surface area contributed by atoms with Gasteiger partial charge < -0.3 is 14.8 Å². The minimum absolute atomic E-state index is 0.700. The Hall–Kier alpha value is -1.82. The minimum atomic E-state index is 0.700. The van der Waals surface area contributed by atoms with Gasteiger partial charge in [-0.25, -0.2) is 0 Å². The van der Waals surface area contributed by atoms with Crippen LogP contribution < -0.4 is 14.8 Å². The molecule has 2 heterocycles. The molecule has 0 fully saturated rings. The summed E-state index contributed by atoms with van der Waals surface area (Å²) in [6.45, 7) is 2.13. The first-order valence-electron chi connectivity index (χ1n) is 5.80. The van der Waals surface area contributed by atoms with Crippen LogP contribution in [-0.2, 0) is 6.54 Å². The highest BCUT2D eigenvalue weighted by Gasteiger charge is 2.10. The van der Waals surface area contributed by atoms with Gasteiger partial charge in [0.1, 0.15) is 5.51 Å². The van der Waals surface area contributed by atoms with Crippen molar-refractivity contribution in [3.8, 4) is 11.5 Å². The second kappa shape index (κ2) is 5.22. The first kappa shape index (κ1) is 11.3. The molecule has 1 aromatic carbocycles. The topological polar surface area (TPSA) is 56.3 Å². The maximum atomic E-state index is 5.65. The van der Waals surface area contributed by atoms with E-state index in [-0.39, 0.29) is 0 Å². The summed E-state index contributed by atoms with van der Waals surface area (Å²) in [7, 11) is 0. The molecule has 6 heteroatoms. The van der Waals surface area contributed by atoms with Crippen molar-refractivity contribution in [1.29, 1.82) is 0 Å². The van der Waals surface area contributed by atoms with E-state index in [0.717, 1.165) is 35.2 Å². The lowest BCUT2D eigenvalue weighted by Crippen LogP contribution is -2.00. The summed E-state index contributed by atoms with van der Waals surface area (Å²) in [5.41, 5.74) is 2.84. The summed E-state index contributed by atoms with van der Waals surface area (Å²) < 4.78 is 11.2. The van der Waals surface area contributed by atoms with Crippen LogP contribution in [0.5, 0.6) is 11.5 Å². The van der Waals surface area contributed by atoms with Crippen LogP contribution in [0.25, 0.3) is 0 Å². The lowest BCUT2D eigenvalue weighted by atomic mass is 10.2. The SMILES string of the molecule is c1nnc(NCc2ccc3c(c2)OCCCO3)s1. The fourth-order valence-electron chi connectivity index (χ4n) is 1.75. The van der Waals surface area contributed by atoms with Gasteiger partial charge in [-0.1, -0.05) is 17.4 Å². The molecule has 0 saturated carbocycles. The highest BCUT2D eigenvalue weighted by atomic mass is 32.1. The third kappa shape index (κ3) is 2.53. The lowest BCUT2D eigenvalue weighted by Gasteiger charge is -2.09. The van der Waals surface area contributed by atoms with E-state index >= 15 is 0 Å². The van der Waals surface area contributed by atoms with E-state index in [0.29, 0.717) is 13.2 Å². The van der Waals surface area contributed by atoms with Crippen molar-refractivity contribution >= 4 is 16.5 Å². The van der Waals surface area contributed by atoms with Gasteiger partial charge >= 0.3 is 0 Å². The summed E-state index contributed by atoms with van der Waals surface area (Å²) in [5.74, 6) is 1.65. The van der Waals surface area contributed by atoms with Crippen LogP contribution in [0.4, 0.5) is 5.13 Å². The Morgan fingerprint density at radius 3 is 2.94 bits per heavy atom. The van der Waals surface area contributed by atoms with E-state index in [1.165, 1.54) is 11.3 Å². The van der Waals surface area contributed by atoms with Gasteiger partial charge in [0.2, 0.25) is 5.13 Å². The fourth-order valence-corrected chi connectivity index (χ4v) is 2.19. The Morgan fingerprint density at radius 1 is 1.22 bits per heavy atom. The Kier molecular flexibility index (Phi) is 3.27. The van der Waals surface area contributed by atoms with Crippen LogP contribution in [0.15, 0.2) is 23.7 Å². The van der Waals surface area contributed by atoms with Gasteiger partial charge in [-0.2, -0.15) is 0 Å². The van der Waals surface area contributed by atoms with Gasteiger partial charge in [-0.15, -0.1) is 10.2 Å². The molecule has 0 amide bonds. The lowest BCUT2D eigenvalue weighted by molar-refractivity contribution is 0.297. The number of hydrogen-bond acceptors (Lipinski definition) is 6. The number of ether oxygens (including phenoxy) is 2. The van der Waals surface area contributed by atoms with Gasteiger partial charge in [0, 0.05) is 13.0 Å². The normalized spacial score (nSPS) is 14.0. The molecule has 0 unspecified atom stereocenters. The molecule has 0 bridgehead atoms. The quantitative estimate of drug-likeness (QED) is 0.921. The Bertz CT molecular complexity index is 516. The zero-order chi connectivity index (χ0) is 12.2. The maximum absolute atomic E-state index is 5.65. The molecule has 1 aliphatic rings. The average Bonchev–Trinajstić information content (AvgIpc) is 2.80. The molecule has 0 aliphatic carbocycles. The number of hydrogen-bond donors (Lipinski definition) is 1. The molecule has 5 nitrogen and oxygen atoms in total. The van der Waals surface area contributed by atoms with E-state index in [1.807, 2.05) is 18.2 Å². The van der Waals surface area contributed by atoms with Gasteiger partial charge in [-0.05, 0) is 17.7 Å². The van der Waals surface area contributed by atoms with Crippen molar-refractivity contribution < 1.29 is 9.47 Å². The second-order valence-electron chi connectivity index (χ2n) is 3.93. The van der Waals surface area contributed by atoms with Crippen LogP contribution >= 0.6 is 11.3 Å². The summed E-state index contributed by atoms with van der Waals surface area (Å²) >= 11 is 1.49. The smallest absolute Gasteiger partial charge is 0.205 e. The Balaban J connectivity index is 1.71. The summed E-state index contributed by atoms with van der Waals surface area (Å²) in [5, 5.41) is 11.7. The molecular weight excluding hydrogens is 250 g/mol. The molecule has 2 aromatic rings. The summed E-state index contributed by atoms with van der Waals surface area (Å²) in [6.07, 6.45) is 0.924. The highest BCUT2D eigenvalue weighted by Crippen LogP contribution is 2.30. The molecule has 1 aromatic heterocycles. The standard InChI is InChI=1S/C12H13N3O2S/c1-4-16-10-3-2-9(6-11(10)17-5-1)7-13-12-15-14-8-18-12/h2-3,6,8H,1,4-5,7H2,(H,13,15). The number of rotatable bonds is 3. The molecule has 18 heavy (non-hydrogen) atoms. The minimum Gasteiger partial charge on any atom is -0.490 e. The second-order valence-corrected chi connectivity index (χ2v) is 4.76. The zero-order valence-electron chi connectivity index (χ0n) is 9.76. The Labute approximate surface area is 109 Å². The largest absolute Gasteiger partial charge is 0.490 e. The molecule has 0 atom stereocenters. The molecule has 0 spiro atoms. The number of nitrogens with one attached hydrogen (secondary N) is 1. The van der Waals surface area contributed by atoms with Crippen LogP contribution in [0.1, 0.15) is 12.0 Å². The van der Waals surface area contributed by atoms with Crippen LogP contribution in [-0.4, -0.2) is 23.4 Å². The van der Waals surface area contributed by atoms with Crippen molar-refractivity contribution in [2.75, 3.05) is 18.5 Å². The fraction of sp³-hybridized carbons (Fsp3) is 0.333. The number of anilines is 1. The van der Waals surface area contributed by atoms with Gasteiger partial charge in [0.25, 0.3) is 0 Å². The number of nitrogens with zero attached hydrogens (tertiary/aromatic N) is 2. The van der Waals surface area contributed by atoms with Crippen LogP contribution in [0.3, 0.4) is 0 Å². The monoisotopic (exact) mass is 263 g/mol. The van der Waals surface area contributed by atoms with E-state index in [2.05, 4.69) is 15.5 Å². The van der Waals surface area contributed by atoms with Crippen molar-refractivity contribution in [1.82, 2.24) is 10.2 Å². The van der Waals surface area contributed by atoms with Gasteiger partial charge in [0.05, 0.1) is 13.2 Å². The number of benzene rings is 1. The first-order chi connectivity index (χ1) is 8.92. The average molecular weight is 263 g/mol. The molecular formula is C12H13N3O2S. The molecule has 0 saturated heterocycles. The van der Waals surface area contributed by atoms with Crippen molar-refractivity contribution in [3.63, 3.8) is 0 Å². The molecule has 0 radical (unpaired) electrons. The van der Waals surface area contributed by atoms with Crippen LogP contribution in [0.2, 0.25) is 0 Å². The Morgan fingerprint density at radius 2 is 2.11 bits per heavy atom. The molecule has 3 rings (SSSR count). The van der Waals surface area contributed by atoms with Gasteiger partial charge in [0.15, 0.2) is 11.5 Å². The number of fused-ring (bicyclic) bond motifs is 1. The molecule has 94 valence electrons. The predicted octanol–water partition coefficient (Wildman–Crippen LogP) is 2.31. The van der Waals surface area contributed by atoms with E-state index in [9.17, 15) is 0 Å². The number of aromatic nitrogens is 2. The van der Waals surface area contributed by atoms with Crippen LogP contribution in [0, 0.1) is 0 Å². The third-order valence-electron chi connectivity index (χ3n) is 2.62. The first-order valence-corrected chi connectivity index (χ1v) is 6.68. The third-order valence-corrected chi connectivity index (χ3v) is 3.26. The zero-order valence-corrected chi connectivity index (χ0v) is 10.6. The summed E-state index contributed by atoms with van der Waals surface area (Å²) in [6, 6.07) is 5.99. The summed E-state index contributed by atoms with van der Waals surface area (Å²) in [4.78, 5) is 0.